The Morgan fingerprint density at radius 3 is 1.00 bits per heavy atom. The normalized spacial score (nSPS) is 54.1. The molecule has 8 nitrogen and oxygen atoms in total. The molecule has 0 amide bonds. The van der Waals surface area contributed by atoms with E-state index in [4.69, 9.17) is 0 Å². The second-order valence-electron chi connectivity index (χ2n) is 17.6. The first-order chi connectivity index (χ1) is 21.6. The molecule has 1 radical (unpaired) electrons. The first kappa shape index (κ1) is 32.4. The van der Waals surface area contributed by atoms with Gasteiger partial charge in [-0.1, -0.05) is 65.2 Å². The maximum Gasteiger partial charge on any atom is 0.0631 e. The van der Waals surface area contributed by atoms with Crippen molar-refractivity contribution in [1.82, 2.24) is 42.5 Å². The van der Waals surface area contributed by atoms with Crippen LogP contribution in [0, 0.1) is 59.2 Å². The minimum absolute atomic E-state index is 0. The summed E-state index contributed by atoms with van der Waals surface area (Å²) in [7, 11) is 0. The zero-order valence-electron chi connectivity index (χ0n) is 28.0. The van der Waals surface area contributed by atoms with Crippen LogP contribution in [0.15, 0.2) is 0 Å². The maximum atomic E-state index is 4.36. The second kappa shape index (κ2) is 13.5. The second-order valence-corrected chi connectivity index (χ2v) is 17.6. The van der Waals surface area contributed by atoms with Crippen molar-refractivity contribution >= 4 is 0 Å². The van der Waals surface area contributed by atoms with Gasteiger partial charge >= 0.3 is 0 Å². The van der Waals surface area contributed by atoms with Crippen molar-refractivity contribution in [2.45, 2.75) is 166 Å². The van der Waals surface area contributed by atoms with Crippen molar-refractivity contribution < 1.29 is 17.1 Å². The molecule has 5 aliphatic heterocycles. The molecule has 0 aromatic carbocycles. The van der Waals surface area contributed by atoms with Crippen LogP contribution in [-0.2, 0) is 17.1 Å². The van der Waals surface area contributed by atoms with Gasteiger partial charge in [0, 0.05) is 17.1 Å². The molecule has 0 aromatic heterocycles. The third-order valence-corrected chi connectivity index (χ3v) is 14.8. The van der Waals surface area contributed by atoms with E-state index in [1.165, 1.54) is 103 Å². The molecule has 17 unspecified atom stereocenters. The van der Waals surface area contributed by atoms with Crippen molar-refractivity contribution in [2.24, 2.45) is 59.2 Å². The van der Waals surface area contributed by atoms with Crippen LogP contribution in [0.25, 0.3) is 0 Å². The molecule has 17 atom stereocenters. The van der Waals surface area contributed by atoms with Gasteiger partial charge in [0.1, 0.15) is 0 Å². The van der Waals surface area contributed by atoms with E-state index in [0.29, 0.717) is 55.2 Å². The summed E-state index contributed by atoms with van der Waals surface area (Å²) in [6, 6.07) is 0. The van der Waals surface area contributed by atoms with Crippen LogP contribution in [0.5, 0.6) is 0 Å². The monoisotopic (exact) mass is 671 g/mol. The quantitative estimate of drug-likeness (QED) is 0.210. The summed E-state index contributed by atoms with van der Waals surface area (Å²) in [5, 5.41) is 34.3. The van der Waals surface area contributed by atoms with E-state index in [0.717, 1.165) is 53.3 Å². The standard InChI is InChI=1S/C36H64N8.Cu/c1-19(2)18-20-10-9-17-27-28(20)36-43-34-26-16-8-7-15-25(26)32(41-34)39-30-22-12-4-3-11-21(22)29(37-30)38-31-23-13-5-6-14-24(23)33(40-31)42-35(27)44-36;/h19-44H,3-18H2,1-2H3;. The molecular formula is C36H64CuN8. The zero-order chi connectivity index (χ0) is 29.4. The third kappa shape index (κ3) is 5.93. The topological polar surface area (TPSA) is 96.2 Å². The van der Waals surface area contributed by atoms with Gasteiger partial charge in [-0.15, -0.1) is 0 Å². The Morgan fingerprint density at radius 2 is 0.667 bits per heavy atom. The molecule has 9 fully saturated rings. The van der Waals surface area contributed by atoms with Crippen molar-refractivity contribution in [3.8, 4) is 0 Å². The molecule has 4 aliphatic carbocycles. The minimum atomic E-state index is 0. The molecule has 9 rings (SSSR count). The first-order valence-corrected chi connectivity index (χ1v) is 19.7. The Hall–Kier alpha value is 0.199. The SMILES string of the molecule is CC(C)CC1CCCC2C3NC4NC(NC5NC(NC6NC(NC(N3)C12)C1CCCCC61)C1CCCCC51)C1CCCCC41.[Cu]. The smallest absolute Gasteiger partial charge is 0.0631 e. The molecule has 5 heterocycles. The average molecular weight is 673 g/mol. The van der Waals surface area contributed by atoms with E-state index in [1.54, 1.807) is 0 Å². The van der Waals surface area contributed by atoms with Gasteiger partial charge in [-0.25, -0.2) is 0 Å². The Balaban J connectivity index is 0.00000300. The van der Waals surface area contributed by atoms with E-state index in [-0.39, 0.29) is 17.1 Å². The predicted molar refractivity (Wildman–Crippen MR) is 176 cm³/mol. The fourth-order valence-corrected chi connectivity index (χ4v) is 13.1. The van der Waals surface area contributed by atoms with Crippen molar-refractivity contribution in [3.05, 3.63) is 0 Å². The molecule has 259 valence electrons. The average Bonchev–Trinajstić information content (AvgIpc) is 3.77. The van der Waals surface area contributed by atoms with Gasteiger partial charge in [0.15, 0.2) is 0 Å². The number of nitrogens with one attached hydrogen (secondary N) is 8. The van der Waals surface area contributed by atoms with Gasteiger partial charge in [0.25, 0.3) is 0 Å². The van der Waals surface area contributed by atoms with Crippen LogP contribution >= 0.6 is 0 Å². The summed E-state index contributed by atoms with van der Waals surface area (Å²) in [4.78, 5) is 0. The van der Waals surface area contributed by atoms with Gasteiger partial charge in [-0.3, -0.25) is 42.5 Å². The third-order valence-electron chi connectivity index (χ3n) is 14.8. The maximum absolute atomic E-state index is 4.36. The van der Waals surface area contributed by atoms with Gasteiger partial charge in [-0.2, -0.15) is 0 Å². The fourth-order valence-electron chi connectivity index (χ4n) is 13.1. The number of hydrogen-bond acceptors (Lipinski definition) is 8. The molecular weight excluding hydrogens is 608 g/mol. The molecule has 8 bridgehead atoms. The molecule has 0 aromatic rings. The minimum Gasteiger partial charge on any atom is -0.286 e. The van der Waals surface area contributed by atoms with Crippen LogP contribution in [0.3, 0.4) is 0 Å². The molecule has 9 aliphatic rings. The Morgan fingerprint density at radius 1 is 0.378 bits per heavy atom. The Bertz CT molecular complexity index is 1010. The van der Waals surface area contributed by atoms with Crippen LogP contribution in [-0.4, -0.2) is 49.3 Å². The summed E-state index contributed by atoms with van der Waals surface area (Å²) in [5.74, 6) is 7.44. The van der Waals surface area contributed by atoms with Gasteiger partial charge in [0.05, 0.1) is 49.3 Å². The first-order valence-electron chi connectivity index (χ1n) is 19.7. The van der Waals surface area contributed by atoms with E-state index in [1.807, 2.05) is 0 Å². The van der Waals surface area contributed by atoms with Gasteiger partial charge < -0.3 is 0 Å². The van der Waals surface area contributed by atoms with Gasteiger partial charge in [0.2, 0.25) is 0 Å². The van der Waals surface area contributed by atoms with E-state index >= 15 is 0 Å². The van der Waals surface area contributed by atoms with Crippen molar-refractivity contribution in [1.29, 1.82) is 0 Å². The Kier molecular flexibility index (Phi) is 9.71. The summed E-state index contributed by atoms with van der Waals surface area (Å²) in [6.07, 6.45) is 25.4. The molecule has 0 spiro atoms. The number of fused-ring (bicyclic) bond motifs is 20. The van der Waals surface area contributed by atoms with E-state index in [9.17, 15) is 0 Å². The van der Waals surface area contributed by atoms with Crippen molar-refractivity contribution in [3.63, 3.8) is 0 Å². The number of rotatable bonds is 2. The van der Waals surface area contributed by atoms with Crippen LogP contribution < -0.4 is 42.5 Å². The van der Waals surface area contributed by atoms with Crippen LogP contribution in [0.2, 0.25) is 0 Å². The number of hydrogen-bond donors (Lipinski definition) is 8. The molecule has 9 heteroatoms. The summed E-state index contributed by atoms with van der Waals surface area (Å²) < 4.78 is 0. The van der Waals surface area contributed by atoms with E-state index in [2.05, 4.69) is 56.4 Å². The summed E-state index contributed by atoms with van der Waals surface area (Å²) in [5.41, 5.74) is 0. The van der Waals surface area contributed by atoms with Crippen LogP contribution in [0.4, 0.5) is 0 Å². The van der Waals surface area contributed by atoms with Gasteiger partial charge in [-0.05, 0) is 111 Å². The fraction of sp³-hybridized carbons (Fsp3) is 1.00. The molecule has 8 N–H and O–H groups in total. The molecule has 5 saturated heterocycles. The zero-order valence-corrected chi connectivity index (χ0v) is 28.9. The summed E-state index contributed by atoms with van der Waals surface area (Å²) >= 11 is 0. The molecule has 45 heavy (non-hydrogen) atoms. The van der Waals surface area contributed by atoms with Crippen molar-refractivity contribution in [2.75, 3.05) is 0 Å². The largest absolute Gasteiger partial charge is 0.286 e. The van der Waals surface area contributed by atoms with E-state index < -0.39 is 0 Å². The summed E-state index contributed by atoms with van der Waals surface area (Å²) in [6.45, 7) is 4.90. The predicted octanol–water partition coefficient (Wildman–Crippen LogP) is 3.88. The Labute approximate surface area is 283 Å². The molecule has 4 saturated carbocycles. The van der Waals surface area contributed by atoms with Crippen LogP contribution in [0.1, 0.15) is 117 Å².